The number of unbranched alkanes of at least 4 members (excludes halogenated alkanes) is 8. The zero-order chi connectivity index (χ0) is 10.5. The molecule has 0 rings (SSSR count). The summed E-state index contributed by atoms with van der Waals surface area (Å²) in [7, 11) is 1.95. The zero-order valence-electron chi connectivity index (χ0n) is 10.0. The Labute approximate surface area is 90.0 Å². The monoisotopic (exact) mass is 197 g/mol. The van der Waals surface area contributed by atoms with Gasteiger partial charge in [0.05, 0.1) is 0 Å². The maximum atomic E-state index is 3.01. The van der Waals surface area contributed by atoms with Gasteiger partial charge in [0.25, 0.3) is 0 Å². The molecule has 0 aliphatic carbocycles. The van der Waals surface area contributed by atoms with E-state index in [9.17, 15) is 0 Å². The van der Waals surface area contributed by atoms with Crippen LogP contribution in [0.2, 0.25) is 0 Å². The molecule has 0 heterocycles. The topological polar surface area (TPSA) is 12.0 Å². The highest BCUT2D eigenvalue weighted by molar-refractivity contribution is 4.77. The van der Waals surface area contributed by atoms with Crippen molar-refractivity contribution in [1.29, 1.82) is 0 Å². The molecule has 0 aromatic rings. The highest BCUT2D eigenvalue weighted by Crippen LogP contribution is 2.09. The lowest BCUT2D eigenvalue weighted by molar-refractivity contribution is 0.577. The molecule has 0 bridgehead atoms. The van der Waals surface area contributed by atoms with E-state index in [4.69, 9.17) is 0 Å². The molecule has 0 radical (unpaired) electrons. The molecule has 0 aliphatic heterocycles. The standard InChI is InChI=1S/C13H27N/c1-3-4-5-6-7-8-9-10-11-12-13-14-2/h12-14H,3-11H2,1-2H3. The molecular formula is C13H27N. The first-order chi connectivity index (χ1) is 6.91. The predicted octanol–water partition coefficient (Wildman–Crippen LogP) is 4.25. The fraction of sp³-hybridized carbons (Fsp3) is 0.846. The molecule has 14 heavy (non-hydrogen) atoms. The Morgan fingerprint density at radius 2 is 1.43 bits per heavy atom. The van der Waals surface area contributed by atoms with E-state index < -0.39 is 0 Å². The second-order valence-electron chi connectivity index (χ2n) is 3.95. The van der Waals surface area contributed by atoms with Gasteiger partial charge >= 0.3 is 0 Å². The summed E-state index contributed by atoms with van der Waals surface area (Å²) in [4.78, 5) is 0. The molecule has 0 spiro atoms. The summed E-state index contributed by atoms with van der Waals surface area (Å²) in [6, 6.07) is 0. The van der Waals surface area contributed by atoms with Gasteiger partial charge in [0.15, 0.2) is 0 Å². The molecule has 0 fully saturated rings. The number of hydrogen-bond acceptors (Lipinski definition) is 1. The summed E-state index contributed by atoms with van der Waals surface area (Å²) in [5, 5.41) is 3.01. The first-order valence-corrected chi connectivity index (χ1v) is 6.24. The second kappa shape index (κ2) is 12.5. The molecular weight excluding hydrogens is 170 g/mol. The minimum atomic E-state index is 1.23. The number of allylic oxidation sites excluding steroid dienone is 1. The van der Waals surface area contributed by atoms with Crippen LogP contribution in [0.15, 0.2) is 12.3 Å². The Morgan fingerprint density at radius 1 is 0.857 bits per heavy atom. The Morgan fingerprint density at radius 3 is 2.00 bits per heavy atom. The maximum absolute atomic E-state index is 3.01. The summed E-state index contributed by atoms with van der Waals surface area (Å²) in [6.07, 6.45) is 16.8. The molecule has 0 amide bonds. The SMILES string of the molecule is CCCCCCCCCCC=CNC. The van der Waals surface area contributed by atoms with E-state index in [0.29, 0.717) is 0 Å². The van der Waals surface area contributed by atoms with Crippen LogP contribution in [0, 0.1) is 0 Å². The lowest BCUT2D eigenvalue weighted by Gasteiger charge is -1.99. The quantitative estimate of drug-likeness (QED) is 0.516. The molecule has 0 aromatic carbocycles. The van der Waals surface area contributed by atoms with E-state index in [1.165, 1.54) is 57.8 Å². The van der Waals surface area contributed by atoms with Gasteiger partial charge in [-0.1, -0.05) is 57.9 Å². The largest absolute Gasteiger partial charge is 0.394 e. The van der Waals surface area contributed by atoms with E-state index in [0.717, 1.165) is 0 Å². The third kappa shape index (κ3) is 11.5. The average molecular weight is 197 g/mol. The fourth-order valence-electron chi connectivity index (χ4n) is 1.60. The highest BCUT2D eigenvalue weighted by atomic mass is 14.8. The maximum Gasteiger partial charge on any atom is 0.00276 e. The summed E-state index contributed by atoms with van der Waals surface area (Å²) >= 11 is 0. The van der Waals surface area contributed by atoms with E-state index >= 15 is 0 Å². The highest BCUT2D eigenvalue weighted by Gasteiger charge is 1.89. The van der Waals surface area contributed by atoms with Crippen molar-refractivity contribution in [3.63, 3.8) is 0 Å². The normalized spacial score (nSPS) is 11.0. The van der Waals surface area contributed by atoms with Crippen molar-refractivity contribution in [2.45, 2.75) is 64.7 Å². The van der Waals surface area contributed by atoms with Gasteiger partial charge < -0.3 is 5.32 Å². The number of hydrogen-bond donors (Lipinski definition) is 1. The Hall–Kier alpha value is -0.460. The van der Waals surface area contributed by atoms with Crippen LogP contribution < -0.4 is 5.32 Å². The molecule has 0 unspecified atom stereocenters. The van der Waals surface area contributed by atoms with E-state index in [-0.39, 0.29) is 0 Å². The van der Waals surface area contributed by atoms with Gasteiger partial charge in [0.2, 0.25) is 0 Å². The van der Waals surface area contributed by atoms with Crippen molar-refractivity contribution >= 4 is 0 Å². The van der Waals surface area contributed by atoms with E-state index in [2.05, 4.69) is 18.3 Å². The third-order valence-electron chi connectivity index (χ3n) is 2.51. The van der Waals surface area contributed by atoms with Gasteiger partial charge in [-0.15, -0.1) is 0 Å². The van der Waals surface area contributed by atoms with Gasteiger partial charge in [0, 0.05) is 7.05 Å². The fourth-order valence-corrected chi connectivity index (χ4v) is 1.60. The van der Waals surface area contributed by atoms with Crippen LogP contribution in [0.5, 0.6) is 0 Å². The molecule has 0 atom stereocenters. The van der Waals surface area contributed by atoms with Crippen LogP contribution in [0.4, 0.5) is 0 Å². The van der Waals surface area contributed by atoms with Crippen molar-refractivity contribution in [1.82, 2.24) is 5.32 Å². The molecule has 1 heteroatoms. The van der Waals surface area contributed by atoms with Crippen LogP contribution in [-0.2, 0) is 0 Å². The van der Waals surface area contributed by atoms with Crippen molar-refractivity contribution in [3.8, 4) is 0 Å². The second-order valence-corrected chi connectivity index (χ2v) is 3.95. The Kier molecular flexibility index (Phi) is 12.1. The smallest absolute Gasteiger partial charge is 0.00276 e. The van der Waals surface area contributed by atoms with E-state index in [1.807, 2.05) is 13.2 Å². The molecule has 0 saturated carbocycles. The number of nitrogens with one attached hydrogen (secondary N) is 1. The Balaban J connectivity index is 2.88. The summed E-state index contributed by atoms with van der Waals surface area (Å²) < 4.78 is 0. The molecule has 84 valence electrons. The summed E-state index contributed by atoms with van der Waals surface area (Å²) in [5.41, 5.74) is 0. The molecule has 0 aliphatic rings. The van der Waals surface area contributed by atoms with Crippen LogP contribution in [0.25, 0.3) is 0 Å². The molecule has 0 saturated heterocycles. The van der Waals surface area contributed by atoms with Crippen molar-refractivity contribution < 1.29 is 0 Å². The van der Waals surface area contributed by atoms with Gasteiger partial charge in [-0.05, 0) is 19.0 Å². The van der Waals surface area contributed by atoms with Crippen molar-refractivity contribution in [2.24, 2.45) is 0 Å². The van der Waals surface area contributed by atoms with Crippen LogP contribution in [0.3, 0.4) is 0 Å². The van der Waals surface area contributed by atoms with Crippen LogP contribution >= 0.6 is 0 Å². The van der Waals surface area contributed by atoms with Gasteiger partial charge in [0.1, 0.15) is 0 Å². The summed E-state index contributed by atoms with van der Waals surface area (Å²) in [5.74, 6) is 0. The third-order valence-corrected chi connectivity index (χ3v) is 2.51. The lowest BCUT2D eigenvalue weighted by Crippen LogP contribution is -1.90. The summed E-state index contributed by atoms with van der Waals surface area (Å²) in [6.45, 7) is 2.27. The first kappa shape index (κ1) is 13.5. The van der Waals surface area contributed by atoms with Gasteiger partial charge in [-0.2, -0.15) is 0 Å². The van der Waals surface area contributed by atoms with Crippen LogP contribution in [-0.4, -0.2) is 7.05 Å². The number of rotatable bonds is 10. The molecule has 1 nitrogen and oxygen atoms in total. The Bertz CT molecular complexity index is 118. The van der Waals surface area contributed by atoms with E-state index in [1.54, 1.807) is 0 Å². The van der Waals surface area contributed by atoms with Crippen molar-refractivity contribution in [3.05, 3.63) is 12.3 Å². The van der Waals surface area contributed by atoms with Crippen molar-refractivity contribution in [2.75, 3.05) is 7.05 Å². The first-order valence-electron chi connectivity index (χ1n) is 6.24. The van der Waals surface area contributed by atoms with Gasteiger partial charge in [-0.3, -0.25) is 0 Å². The lowest BCUT2D eigenvalue weighted by atomic mass is 10.1. The zero-order valence-corrected chi connectivity index (χ0v) is 10.0. The van der Waals surface area contributed by atoms with Crippen LogP contribution in [0.1, 0.15) is 64.7 Å². The average Bonchev–Trinajstić information content (AvgIpc) is 2.21. The predicted molar refractivity (Wildman–Crippen MR) is 65.4 cm³/mol. The molecule has 1 N–H and O–H groups in total. The van der Waals surface area contributed by atoms with Gasteiger partial charge in [-0.25, -0.2) is 0 Å². The minimum absolute atomic E-state index is 1.23. The minimum Gasteiger partial charge on any atom is -0.394 e. The molecule has 0 aromatic heterocycles.